The average Bonchev–Trinajstić information content (AvgIpc) is 2.50. The molecule has 0 unspecified atom stereocenters. The number of nitrogens with one attached hydrogen (secondary N) is 3. The van der Waals surface area contributed by atoms with E-state index in [2.05, 4.69) is 16.0 Å². The van der Waals surface area contributed by atoms with Crippen LogP contribution in [0.15, 0.2) is 18.2 Å². The Morgan fingerprint density at radius 1 is 1.20 bits per heavy atom. The van der Waals surface area contributed by atoms with Crippen molar-refractivity contribution in [2.24, 2.45) is 0 Å². The molecule has 1 aromatic rings. The van der Waals surface area contributed by atoms with Gasteiger partial charge in [0, 0.05) is 32.3 Å². The van der Waals surface area contributed by atoms with Crippen molar-refractivity contribution < 1.29 is 14.3 Å². The van der Waals surface area contributed by atoms with Gasteiger partial charge in [0.25, 0.3) is 5.91 Å². The quantitative estimate of drug-likeness (QED) is 0.647. The highest BCUT2D eigenvalue weighted by atomic mass is 16.5. The van der Waals surface area contributed by atoms with E-state index in [0.29, 0.717) is 31.9 Å². The normalized spacial score (nSPS) is 13.1. The second-order valence-corrected chi connectivity index (χ2v) is 4.47. The van der Waals surface area contributed by atoms with Gasteiger partial charge in [-0.3, -0.25) is 4.79 Å². The first-order valence-corrected chi connectivity index (χ1v) is 6.78. The maximum atomic E-state index is 12.0. The van der Waals surface area contributed by atoms with Gasteiger partial charge in [-0.15, -0.1) is 0 Å². The zero-order chi connectivity index (χ0) is 14.2. The van der Waals surface area contributed by atoms with E-state index < -0.39 is 0 Å². The Morgan fingerprint density at radius 3 is 2.80 bits per heavy atom. The second kappa shape index (κ2) is 7.72. The number of benzene rings is 1. The second-order valence-electron chi connectivity index (χ2n) is 4.47. The van der Waals surface area contributed by atoms with E-state index in [9.17, 15) is 4.79 Å². The van der Waals surface area contributed by atoms with E-state index in [1.54, 1.807) is 7.11 Å². The molecule has 0 spiro atoms. The number of fused-ring (bicyclic) bond motifs is 1. The molecule has 1 aliphatic heterocycles. The Balaban J connectivity index is 1.77. The Morgan fingerprint density at radius 2 is 2.00 bits per heavy atom. The summed E-state index contributed by atoms with van der Waals surface area (Å²) in [6.45, 7) is 3.85. The third-order valence-corrected chi connectivity index (χ3v) is 3.00. The molecule has 0 aliphatic carbocycles. The molecular formula is C14H21N3O3. The number of carbonyl (C=O) groups is 1. The number of amides is 1. The number of hydrogen-bond donors (Lipinski definition) is 3. The van der Waals surface area contributed by atoms with Gasteiger partial charge >= 0.3 is 0 Å². The third-order valence-electron chi connectivity index (χ3n) is 3.00. The summed E-state index contributed by atoms with van der Waals surface area (Å²) < 4.78 is 10.2. The van der Waals surface area contributed by atoms with E-state index in [4.69, 9.17) is 9.47 Å². The average molecular weight is 279 g/mol. The largest absolute Gasteiger partial charge is 0.382 e. The van der Waals surface area contributed by atoms with Crippen molar-refractivity contribution in [3.8, 4) is 0 Å². The Kier molecular flexibility index (Phi) is 5.64. The summed E-state index contributed by atoms with van der Waals surface area (Å²) in [5.41, 5.74) is 2.66. The van der Waals surface area contributed by atoms with Crippen LogP contribution in [0.2, 0.25) is 0 Å². The number of rotatable bonds is 7. The molecule has 0 saturated carbocycles. The van der Waals surface area contributed by atoms with Gasteiger partial charge < -0.3 is 25.4 Å². The van der Waals surface area contributed by atoms with Gasteiger partial charge in [-0.1, -0.05) is 0 Å². The Labute approximate surface area is 118 Å². The van der Waals surface area contributed by atoms with E-state index >= 15 is 0 Å². The van der Waals surface area contributed by atoms with Crippen molar-refractivity contribution in [1.82, 2.24) is 5.32 Å². The molecule has 0 atom stereocenters. The fraction of sp³-hybridized carbons (Fsp3) is 0.500. The maximum Gasteiger partial charge on any atom is 0.251 e. The van der Waals surface area contributed by atoms with Gasteiger partial charge in [-0.25, -0.2) is 0 Å². The molecule has 0 bridgehead atoms. The molecule has 0 aromatic heterocycles. The predicted molar refractivity (Wildman–Crippen MR) is 78.4 cm³/mol. The van der Waals surface area contributed by atoms with Crippen LogP contribution in [0.5, 0.6) is 0 Å². The van der Waals surface area contributed by atoms with E-state index in [1.807, 2.05) is 18.2 Å². The molecule has 1 aliphatic rings. The highest BCUT2D eigenvalue weighted by Gasteiger charge is 2.11. The summed E-state index contributed by atoms with van der Waals surface area (Å²) in [7, 11) is 1.63. The lowest BCUT2D eigenvalue weighted by atomic mass is 10.1. The third kappa shape index (κ3) is 4.11. The fourth-order valence-corrected chi connectivity index (χ4v) is 1.96. The maximum absolute atomic E-state index is 12.0. The Bertz CT molecular complexity index is 451. The van der Waals surface area contributed by atoms with Crippen LogP contribution in [0, 0.1) is 0 Å². The van der Waals surface area contributed by atoms with Gasteiger partial charge in [-0.05, 0) is 18.2 Å². The molecule has 2 rings (SSSR count). The summed E-state index contributed by atoms with van der Waals surface area (Å²) in [5, 5.41) is 9.37. The zero-order valence-electron chi connectivity index (χ0n) is 11.7. The van der Waals surface area contributed by atoms with Crippen LogP contribution in [-0.2, 0) is 9.47 Å². The number of carbonyl (C=O) groups excluding carboxylic acids is 1. The smallest absolute Gasteiger partial charge is 0.251 e. The van der Waals surface area contributed by atoms with Crippen molar-refractivity contribution in [3.63, 3.8) is 0 Å². The summed E-state index contributed by atoms with van der Waals surface area (Å²) >= 11 is 0. The van der Waals surface area contributed by atoms with Crippen molar-refractivity contribution in [3.05, 3.63) is 23.8 Å². The molecule has 20 heavy (non-hydrogen) atoms. The number of anilines is 2. The van der Waals surface area contributed by atoms with Gasteiger partial charge in [-0.2, -0.15) is 0 Å². The predicted octanol–water partition coefficient (Wildman–Crippen LogP) is 0.917. The van der Waals surface area contributed by atoms with Crippen molar-refractivity contribution in [2.75, 3.05) is 57.2 Å². The van der Waals surface area contributed by atoms with Gasteiger partial charge in [0.2, 0.25) is 0 Å². The monoisotopic (exact) mass is 279 g/mol. The summed E-state index contributed by atoms with van der Waals surface area (Å²) in [6.07, 6.45) is 0. The minimum atomic E-state index is -0.0875. The van der Waals surface area contributed by atoms with Gasteiger partial charge in [0.15, 0.2) is 0 Å². The number of hydrogen-bond acceptors (Lipinski definition) is 5. The topological polar surface area (TPSA) is 71.6 Å². The van der Waals surface area contributed by atoms with E-state index in [1.165, 1.54) is 0 Å². The van der Waals surface area contributed by atoms with E-state index in [-0.39, 0.29) is 5.91 Å². The standard InChI is InChI=1S/C14H21N3O3/c1-19-8-9-20-7-6-17-14(18)11-2-3-12-13(10-11)16-5-4-15-12/h2-3,10,15-16H,4-9H2,1H3,(H,17,18). The molecular weight excluding hydrogens is 258 g/mol. The molecule has 6 nitrogen and oxygen atoms in total. The summed E-state index contributed by atoms with van der Waals surface area (Å²) in [6, 6.07) is 5.61. The van der Waals surface area contributed by atoms with Gasteiger partial charge in [0.1, 0.15) is 0 Å². The summed E-state index contributed by atoms with van der Waals surface area (Å²) in [5.74, 6) is -0.0875. The number of methoxy groups -OCH3 is 1. The fourth-order valence-electron chi connectivity index (χ4n) is 1.96. The minimum absolute atomic E-state index is 0.0875. The van der Waals surface area contributed by atoms with Crippen LogP contribution in [0.3, 0.4) is 0 Å². The molecule has 1 aromatic carbocycles. The lowest BCUT2D eigenvalue weighted by Gasteiger charge is -2.20. The summed E-state index contributed by atoms with van der Waals surface area (Å²) in [4.78, 5) is 12.0. The van der Waals surface area contributed by atoms with Crippen LogP contribution in [0.1, 0.15) is 10.4 Å². The highest BCUT2D eigenvalue weighted by Crippen LogP contribution is 2.25. The van der Waals surface area contributed by atoms with Gasteiger partial charge in [0.05, 0.1) is 31.2 Å². The molecule has 0 fully saturated rings. The molecule has 6 heteroatoms. The van der Waals surface area contributed by atoms with Crippen LogP contribution in [-0.4, -0.2) is 52.5 Å². The molecule has 0 saturated heterocycles. The van der Waals surface area contributed by atoms with Crippen molar-refractivity contribution in [2.45, 2.75) is 0 Å². The first-order chi connectivity index (χ1) is 9.81. The van der Waals surface area contributed by atoms with Crippen LogP contribution in [0.4, 0.5) is 11.4 Å². The SMILES string of the molecule is COCCOCCNC(=O)c1ccc2c(c1)NCCN2. The molecule has 3 N–H and O–H groups in total. The molecule has 110 valence electrons. The van der Waals surface area contributed by atoms with E-state index in [0.717, 1.165) is 24.5 Å². The van der Waals surface area contributed by atoms with Crippen LogP contribution in [0.25, 0.3) is 0 Å². The lowest BCUT2D eigenvalue weighted by Crippen LogP contribution is -2.28. The Hall–Kier alpha value is -1.79. The molecule has 1 heterocycles. The first-order valence-electron chi connectivity index (χ1n) is 6.78. The minimum Gasteiger partial charge on any atom is -0.382 e. The zero-order valence-corrected chi connectivity index (χ0v) is 11.7. The number of ether oxygens (including phenoxy) is 2. The first kappa shape index (κ1) is 14.6. The van der Waals surface area contributed by atoms with Crippen LogP contribution < -0.4 is 16.0 Å². The van der Waals surface area contributed by atoms with Crippen molar-refractivity contribution in [1.29, 1.82) is 0 Å². The molecule has 1 amide bonds. The lowest BCUT2D eigenvalue weighted by molar-refractivity contribution is 0.0693. The van der Waals surface area contributed by atoms with Crippen molar-refractivity contribution >= 4 is 17.3 Å². The van der Waals surface area contributed by atoms with Crippen LogP contribution >= 0.6 is 0 Å². The highest BCUT2D eigenvalue weighted by molar-refractivity contribution is 5.96. The molecule has 0 radical (unpaired) electrons.